The number of para-hydroxylation sites is 1. The van der Waals surface area contributed by atoms with Gasteiger partial charge in [-0.2, -0.15) is 8.78 Å². The molecule has 0 spiro atoms. The summed E-state index contributed by atoms with van der Waals surface area (Å²) in [6.07, 6.45) is 3.82. The Kier molecular flexibility index (Phi) is 6.14. The second-order valence-electron chi connectivity index (χ2n) is 6.15. The van der Waals surface area contributed by atoms with Crippen LogP contribution in [0.1, 0.15) is 24.6 Å². The van der Waals surface area contributed by atoms with Crippen LogP contribution in [0, 0.1) is 0 Å². The molecule has 1 N–H and O–H groups in total. The molecule has 11 heteroatoms. The summed E-state index contributed by atoms with van der Waals surface area (Å²) < 4.78 is 51.1. The fourth-order valence-corrected chi connectivity index (χ4v) is 4.22. The summed E-state index contributed by atoms with van der Waals surface area (Å²) in [5, 5.41) is 11.2. The summed E-state index contributed by atoms with van der Waals surface area (Å²) in [6.45, 7) is 4.22. The van der Waals surface area contributed by atoms with Crippen molar-refractivity contribution in [1.29, 1.82) is 0 Å². The van der Waals surface area contributed by atoms with Gasteiger partial charge >= 0.3 is 5.76 Å². The third kappa shape index (κ3) is 4.41. The monoisotopic (exact) mass is 428 g/mol. The van der Waals surface area contributed by atoms with Crippen molar-refractivity contribution in [2.75, 3.05) is 11.1 Å². The standard InChI is InChI=1S/C17H18F2N4O3S2/c1-2-9-23-15(11-7-8-11)21-22-17(23)27-10-14(24)20-12-5-3-4-6-13(12)28(25,26)16(18)19/h2-6,11,16H,1,7-10H2,(H,20,24). The Balaban J connectivity index is 1.70. The molecule has 0 aliphatic heterocycles. The lowest BCUT2D eigenvalue weighted by Crippen LogP contribution is -2.19. The van der Waals surface area contributed by atoms with Gasteiger partial charge in [0.1, 0.15) is 5.82 Å². The molecule has 1 amide bonds. The van der Waals surface area contributed by atoms with E-state index in [9.17, 15) is 22.0 Å². The van der Waals surface area contributed by atoms with Gasteiger partial charge in [-0.15, -0.1) is 16.8 Å². The summed E-state index contributed by atoms with van der Waals surface area (Å²) in [5.41, 5.74) is -0.181. The minimum absolute atomic E-state index is 0.0804. The molecule has 1 fully saturated rings. The molecule has 3 rings (SSSR count). The molecule has 1 saturated carbocycles. The lowest BCUT2D eigenvalue weighted by atomic mass is 10.3. The molecule has 2 aromatic rings. The van der Waals surface area contributed by atoms with Crippen molar-refractivity contribution in [1.82, 2.24) is 14.8 Å². The summed E-state index contributed by atoms with van der Waals surface area (Å²) in [5.74, 6) is -2.96. The maximum atomic E-state index is 12.8. The van der Waals surface area contributed by atoms with E-state index in [4.69, 9.17) is 0 Å². The third-order valence-corrected chi connectivity index (χ3v) is 6.44. The molecular weight excluding hydrogens is 410 g/mol. The minimum Gasteiger partial charge on any atom is -0.324 e. The maximum Gasteiger partial charge on any atom is 0.341 e. The lowest BCUT2D eigenvalue weighted by molar-refractivity contribution is -0.113. The summed E-state index contributed by atoms with van der Waals surface area (Å²) in [7, 11) is -4.83. The second-order valence-corrected chi connectivity index (χ2v) is 8.98. The van der Waals surface area contributed by atoms with Gasteiger partial charge in [0.2, 0.25) is 15.7 Å². The number of aromatic nitrogens is 3. The Labute approximate surface area is 165 Å². The first-order valence-electron chi connectivity index (χ1n) is 8.42. The largest absolute Gasteiger partial charge is 0.341 e. The van der Waals surface area contributed by atoms with E-state index in [0.717, 1.165) is 36.5 Å². The molecule has 1 aliphatic rings. The average Bonchev–Trinajstić information content (AvgIpc) is 3.42. The van der Waals surface area contributed by atoms with Gasteiger partial charge in [-0.3, -0.25) is 4.79 Å². The van der Waals surface area contributed by atoms with Crippen LogP contribution in [0.5, 0.6) is 0 Å². The highest BCUT2D eigenvalue weighted by atomic mass is 32.2. The number of carbonyl (C=O) groups is 1. The van der Waals surface area contributed by atoms with Crippen molar-refractivity contribution in [3.8, 4) is 0 Å². The van der Waals surface area contributed by atoms with Crippen molar-refractivity contribution in [3.05, 3.63) is 42.7 Å². The van der Waals surface area contributed by atoms with Gasteiger partial charge in [0.25, 0.3) is 0 Å². The summed E-state index contributed by atoms with van der Waals surface area (Å²) in [6, 6.07) is 5.07. The van der Waals surface area contributed by atoms with Crippen LogP contribution in [0.15, 0.2) is 47.0 Å². The molecule has 1 aromatic heterocycles. The summed E-state index contributed by atoms with van der Waals surface area (Å²) >= 11 is 1.13. The number of alkyl halides is 2. The van der Waals surface area contributed by atoms with E-state index in [2.05, 4.69) is 22.1 Å². The number of carbonyl (C=O) groups excluding carboxylic acids is 1. The lowest BCUT2D eigenvalue weighted by Gasteiger charge is -2.11. The molecule has 0 unspecified atom stereocenters. The maximum absolute atomic E-state index is 12.8. The van der Waals surface area contributed by atoms with Crippen molar-refractivity contribution in [3.63, 3.8) is 0 Å². The third-order valence-electron chi connectivity index (χ3n) is 4.03. The Morgan fingerprint density at radius 3 is 2.71 bits per heavy atom. The molecule has 0 radical (unpaired) electrons. The first-order chi connectivity index (χ1) is 13.3. The molecular formula is C17H18F2N4O3S2. The van der Waals surface area contributed by atoms with Gasteiger partial charge < -0.3 is 9.88 Å². The van der Waals surface area contributed by atoms with E-state index >= 15 is 0 Å². The Bertz CT molecular complexity index is 988. The molecule has 0 saturated heterocycles. The number of nitrogens with one attached hydrogen (secondary N) is 1. The van der Waals surface area contributed by atoms with Crippen LogP contribution in [0.4, 0.5) is 14.5 Å². The molecule has 7 nitrogen and oxygen atoms in total. The smallest absolute Gasteiger partial charge is 0.324 e. The van der Waals surface area contributed by atoms with Crippen LogP contribution in [0.25, 0.3) is 0 Å². The number of sulfone groups is 1. The van der Waals surface area contributed by atoms with Gasteiger partial charge in [0.15, 0.2) is 5.16 Å². The number of allylic oxidation sites excluding steroid dienone is 1. The van der Waals surface area contributed by atoms with Crippen LogP contribution in [-0.4, -0.2) is 40.6 Å². The second kappa shape index (κ2) is 8.39. The highest BCUT2D eigenvalue weighted by Crippen LogP contribution is 2.40. The predicted molar refractivity (Wildman–Crippen MR) is 101 cm³/mol. The van der Waals surface area contributed by atoms with Crippen molar-refractivity contribution in [2.45, 2.75) is 41.1 Å². The van der Waals surface area contributed by atoms with E-state index in [1.807, 2.05) is 4.57 Å². The Morgan fingerprint density at radius 2 is 2.07 bits per heavy atom. The fourth-order valence-electron chi connectivity index (χ4n) is 2.58. The molecule has 0 atom stereocenters. The highest BCUT2D eigenvalue weighted by Gasteiger charge is 2.31. The zero-order valence-corrected chi connectivity index (χ0v) is 16.3. The number of thioether (sulfide) groups is 1. The van der Waals surface area contributed by atoms with Crippen LogP contribution < -0.4 is 5.32 Å². The van der Waals surface area contributed by atoms with Gasteiger partial charge in [0.05, 0.1) is 16.3 Å². The number of hydrogen-bond donors (Lipinski definition) is 1. The van der Waals surface area contributed by atoms with Crippen LogP contribution >= 0.6 is 11.8 Å². The fraction of sp³-hybridized carbons (Fsp3) is 0.353. The molecule has 1 heterocycles. The normalized spacial score (nSPS) is 14.2. The average molecular weight is 428 g/mol. The number of anilines is 1. The zero-order valence-electron chi connectivity index (χ0n) is 14.7. The van der Waals surface area contributed by atoms with Gasteiger partial charge in [0, 0.05) is 12.5 Å². The van der Waals surface area contributed by atoms with E-state index < -0.39 is 26.4 Å². The van der Waals surface area contributed by atoms with Gasteiger partial charge in [-0.1, -0.05) is 30.0 Å². The number of rotatable bonds is 9. The molecule has 1 aromatic carbocycles. The number of nitrogens with zero attached hydrogens (tertiary/aromatic N) is 3. The first-order valence-corrected chi connectivity index (χ1v) is 11.0. The predicted octanol–water partition coefficient (Wildman–Crippen LogP) is 3.07. The van der Waals surface area contributed by atoms with Crippen molar-refractivity contribution in [2.24, 2.45) is 0 Å². The number of hydrogen-bond acceptors (Lipinski definition) is 6. The van der Waals surface area contributed by atoms with E-state index in [1.54, 1.807) is 6.08 Å². The van der Waals surface area contributed by atoms with Gasteiger partial charge in [-0.05, 0) is 25.0 Å². The summed E-state index contributed by atoms with van der Waals surface area (Å²) in [4.78, 5) is 11.6. The number of benzene rings is 1. The van der Waals surface area contributed by atoms with Crippen molar-refractivity contribution < 1.29 is 22.0 Å². The number of halogens is 2. The zero-order chi connectivity index (χ0) is 20.3. The minimum atomic E-state index is -4.83. The number of amides is 1. The van der Waals surface area contributed by atoms with Gasteiger partial charge in [-0.25, -0.2) is 8.42 Å². The highest BCUT2D eigenvalue weighted by molar-refractivity contribution is 7.99. The molecule has 28 heavy (non-hydrogen) atoms. The Hall–Kier alpha value is -2.27. The van der Waals surface area contributed by atoms with Crippen molar-refractivity contribution >= 4 is 33.2 Å². The first kappa shape index (κ1) is 20.5. The quantitative estimate of drug-likeness (QED) is 0.487. The molecule has 150 valence electrons. The van der Waals surface area contributed by atoms with E-state index in [1.165, 1.54) is 18.2 Å². The van der Waals surface area contributed by atoms with Crippen LogP contribution in [0.2, 0.25) is 0 Å². The van der Waals surface area contributed by atoms with Crippen LogP contribution in [-0.2, 0) is 21.2 Å². The molecule has 0 bridgehead atoms. The van der Waals surface area contributed by atoms with Crippen LogP contribution in [0.3, 0.4) is 0 Å². The topological polar surface area (TPSA) is 94.0 Å². The van der Waals surface area contributed by atoms with E-state index in [-0.39, 0.29) is 11.4 Å². The molecule has 1 aliphatic carbocycles. The van der Waals surface area contributed by atoms with E-state index in [0.29, 0.717) is 17.6 Å². The SMILES string of the molecule is C=CCn1c(SCC(=O)Nc2ccccc2S(=O)(=O)C(F)F)nnc1C1CC1. The Morgan fingerprint density at radius 1 is 1.36 bits per heavy atom.